The summed E-state index contributed by atoms with van der Waals surface area (Å²) in [5, 5.41) is 2.85. The van der Waals surface area contributed by atoms with E-state index in [1.165, 1.54) is 24.0 Å². The normalized spacial score (nSPS) is 16.1. The van der Waals surface area contributed by atoms with Crippen molar-refractivity contribution in [2.24, 2.45) is 0 Å². The number of hydrogen-bond acceptors (Lipinski definition) is 2. The lowest BCUT2D eigenvalue weighted by Crippen LogP contribution is -2.29. The van der Waals surface area contributed by atoms with Gasteiger partial charge in [-0.05, 0) is 48.8 Å². The van der Waals surface area contributed by atoms with E-state index in [9.17, 15) is 4.79 Å². The average Bonchev–Trinajstić information content (AvgIpc) is 3.22. The second kappa shape index (κ2) is 5.89. The zero-order valence-corrected chi connectivity index (χ0v) is 11.1. The van der Waals surface area contributed by atoms with Crippen LogP contribution in [0.25, 0.3) is 0 Å². The topological polar surface area (TPSA) is 38.3 Å². The van der Waals surface area contributed by atoms with E-state index in [-0.39, 0.29) is 6.04 Å². The standard InChI is InChI=1S/C15H21NO2/c1-3-13(16-10-17)8-11-4-7-14(12-5-6-12)15(9-11)18-2/h4,7,9-10,12-13H,3,5-6,8H2,1-2H3,(H,16,17)/t13-/m0/s1. The monoisotopic (exact) mass is 247 g/mol. The first-order valence-electron chi connectivity index (χ1n) is 6.65. The summed E-state index contributed by atoms with van der Waals surface area (Å²) in [4.78, 5) is 10.5. The highest BCUT2D eigenvalue weighted by atomic mass is 16.5. The highest BCUT2D eigenvalue weighted by molar-refractivity contribution is 5.47. The first kappa shape index (κ1) is 12.9. The maximum absolute atomic E-state index is 10.5. The Morgan fingerprint density at radius 3 is 2.83 bits per heavy atom. The molecule has 0 aliphatic heterocycles. The molecule has 3 nitrogen and oxygen atoms in total. The maximum Gasteiger partial charge on any atom is 0.207 e. The van der Waals surface area contributed by atoms with Crippen LogP contribution in [-0.2, 0) is 11.2 Å². The van der Waals surface area contributed by atoms with Gasteiger partial charge < -0.3 is 10.1 Å². The van der Waals surface area contributed by atoms with Crippen molar-refractivity contribution in [1.82, 2.24) is 5.32 Å². The smallest absolute Gasteiger partial charge is 0.207 e. The summed E-state index contributed by atoms with van der Waals surface area (Å²) in [6.07, 6.45) is 5.13. The molecule has 98 valence electrons. The Balaban J connectivity index is 2.10. The first-order valence-corrected chi connectivity index (χ1v) is 6.65. The third-order valence-corrected chi connectivity index (χ3v) is 3.59. The summed E-state index contributed by atoms with van der Waals surface area (Å²) < 4.78 is 5.47. The molecule has 0 bridgehead atoms. The van der Waals surface area contributed by atoms with Crippen LogP contribution in [0.4, 0.5) is 0 Å². The minimum absolute atomic E-state index is 0.207. The maximum atomic E-state index is 10.5. The van der Waals surface area contributed by atoms with Crippen molar-refractivity contribution < 1.29 is 9.53 Å². The van der Waals surface area contributed by atoms with E-state index in [4.69, 9.17) is 4.74 Å². The number of methoxy groups -OCH3 is 1. The molecule has 1 N–H and O–H groups in total. The van der Waals surface area contributed by atoms with Crippen molar-refractivity contribution in [2.75, 3.05) is 7.11 Å². The number of rotatable bonds is 7. The summed E-state index contributed by atoms with van der Waals surface area (Å²) >= 11 is 0. The Morgan fingerprint density at radius 2 is 2.28 bits per heavy atom. The molecule has 0 spiro atoms. The molecule has 1 aromatic rings. The van der Waals surface area contributed by atoms with Crippen molar-refractivity contribution in [3.8, 4) is 5.75 Å². The van der Waals surface area contributed by atoms with Crippen LogP contribution in [0.3, 0.4) is 0 Å². The van der Waals surface area contributed by atoms with Gasteiger partial charge in [0.25, 0.3) is 0 Å². The van der Waals surface area contributed by atoms with E-state index in [2.05, 4.69) is 30.4 Å². The molecule has 0 aromatic heterocycles. The lowest BCUT2D eigenvalue weighted by Gasteiger charge is -2.15. The van der Waals surface area contributed by atoms with Gasteiger partial charge >= 0.3 is 0 Å². The summed E-state index contributed by atoms with van der Waals surface area (Å²) in [6.45, 7) is 2.08. The van der Waals surface area contributed by atoms with Gasteiger partial charge in [0, 0.05) is 6.04 Å². The summed E-state index contributed by atoms with van der Waals surface area (Å²) in [7, 11) is 1.73. The third kappa shape index (κ3) is 3.03. The molecule has 1 aliphatic rings. The molecule has 1 saturated carbocycles. The van der Waals surface area contributed by atoms with Gasteiger partial charge in [0.15, 0.2) is 0 Å². The van der Waals surface area contributed by atoms with Crippen molar-refractivity contribution >= 4 is 6.41 Å². The largest absolute Gasteiger partial charge is 0.496 e. The SMILES string of the molecule is CC[C@@H](Cc1ccc(C2CC2)c(OC)c1)NC=O. The van der Waals surface area contributed by atoms with Crippen LogP contribution in [0.5, 0.6) is 5.75 Å². The molecular formula is C15H21NO2. The van der Waals surface area contributed by atoms with Gasteiger partial charge in [-0.2, -0.15) is 0 Å². The van der Waals surface area contributed by atoms with E-state index in [0.717, 1.165) is 25.0 Å². The van der Waals surface area contributed by atoms with E-state index in [1.54, 1.807) is 7.11 Å². The number of hydrogen-bond donors (Lipinski definition) is 1. The number of carbonyl (C=O) groups excluding carboxylic acids is 1. The Morgan fingerprint density at radius 1 is 1.50 bits per heavy atom. The zero-order chi connectivity index (χ0) is 13.0. The molecule has 1 aromatic carbocycles. The lowest BCUT2D eigenvalue weighted by molar-refractivity contribution is -0.110. The van der Waals surface area contributed by atoms with Crippen LogP contribution in [0, 0.1) is 0 Å². The van der Waals surface area contributed by atoms with Crippen LogP contribution in [-0.4, -0.2) is 19.6 Å². The van der Waals surface area contributed by atoms with E-state index >= 15 is 0 Å². The molecule has 1 amide bonds. The van der Waals surface area contributed by atoms with Gasteiger partial charge in [0.1, 0.15) is 5.75 Å². The van der Waals surface area contributed by atoms with Crippen molar-refractivity contribution in [3.05, 3.63) is 29.3 Å². The summed E-state index contributed by atoms with van der Waals surface area (Å²) in [5.41, 5.74) is 2.55. The van der Waals surface area contributed by atoms with Crippen molar-refractivity contribution in [1.29, 1.82) is 0 Å². The number of carbonyl (C=O) groups is 1. The zero-order valence-electron chi connectivity index (χ0n) is 11.1. The Hall–Kier alpha value is -1.51. The molecule has 0 unspecified atom stereocenters. The Kier molecular flexibility index (Phi) is 4.24. The molecule has 2 rings (SSSR count). The molecule has 1 atom stereocenters. The van der Waals surface area contributed by atoms with Crippen molar-refractivity contribution in [2.45, 2.75) is 44.6 Å². The minimum atomic E-state index is 0.207. The molecule has 0 saturated heterocycles. The summed E-state index contributed by atoms with van der Waals surface area (Å²) in [5.74, 6) is 1.69. The molecule has 0 radical (unpaired) electrons. The van der Waals surface area contributed by atoms with Gasteiger partial charge in [0.05, 0.1) is 7.11 Å². The molecular weight excluding hydrogens is 226 g/mol. The molecule has 0 heterocycles. The second-order valence-corrected chi connectivity index (χ2v) is 4.94. The van der Waals surface area contributed by atoms with Gasteiger partial charge in [0.2, 0.25) is 6.41 Å². The fraction of sp³-hybridized carbons (Fsp3) is 0.533. The number of ether oxygens (including phenoxy) is 1. The quantitative estimate of drug-likeness (QED) is 0.752. The van der Waals surface area contributed by atoms with Crippen LogP contribution in [0.2, 0.25) is 0 Å². The highest BCUT2D eigenvalue weighted by Crippen LogP contribution is 2.44. The Labute approximate surface area is 109 Å². The van der Waals surface area contributed by atoms with Crippen molar-refractivity contribution in [3.63, 3.8) is 0 Å². The van der Waals surface area contributed by atoms with E-state index in [1.807, 2.05) is 0 Å². The molecule has 3 heteroatoms. The Bertz CT molecular complexity index is 413. The van der Waals surface area contributed by atoms with E-state index in [0.29, 0.717) is 5.92 Å². The summed E-state index contributed by atoms with van der Waals surface area (Å²) in [6, 6.07) is 6.66. The first-order chi connectivity index (χ1) is 8.78. The second-order valence-electron chi connectivity index (χ2n) is 4.94. The number of amides is 1. The van der Waals surface area contributed by atoms with Crippen LogP contribution in [0.1, 0.15) is 43.2 Å². The predicted molar refractivity (Wildman–Crippen MR) is 72.0 cm³/mol. The predicted octanol–water partition coefficient (Wildman–Crippen LogP) is 2.64. The van der Waals surface area contributed by atoms with Crippen LogP contribution >= 0.6 is 0 Å². The molecule has 1 aliphatic carbocycles. The minimum Gasteiger partial charge on any atom is -0.496 e. The average molecular weight is 247 g/mol. The third-order valence-electron chi connectivity index (χ3n) is 3.59. The van der Waals surface area contributed by atoms with Gasteiger partial charge in [-0.1, -0.05) is 19.1 Å². The highest BCUT2D eigenvalue weighted by Gasteiger charge is 2.26. The molecule has 18 heavy (non-hydrogen) atoms. The fourth-order valence-corrected chi connectivity index (χ4v) is 2.32. The number of benzene rings is 1. The van der Waals surface area contributed by atoms with Crippen LogP contribution < -0.4 is 10.1 Å². The fourth-order valence-electron chi connectivity index (χ4n) is 2.32. The van der Waals surface area contributed by atoms with E-state index < -0.39 is 0 Å². The van der Waals surface area contributed by atoms with Gasteiger partial charge in [-0.15, -0.1) is 0 Å². The van der Waals surface area contributed by atoms with Gasteiger partial charge in [-0.25, -0.2) is 0 Å². The molecule has 1 fully saturated rings. The van der Waals surface area contributed by atoms with Gasteiger partial charge in [-0.3, -0.25) is 4.79 Å². The number of nitrogens with one attached hydrogen (secondary N) is 1. The van der Waals surface area contributed by atoms with Crippen LogP contribution in [0.15, 0.2) is 18.2 Å². The lowest BCUT2D eigenvalue weighted by atomic mass is 10.0.